The van der Waals surface area contributed by atoms with E-state index >= 15 is 0 Å². The Kier molecular flexibility index (Phi) is 2.31. The van der Waals surface area contributed by atoms with E-state index < -0.39 is 4.92 Å². The summed E-state index contributed by atoms with van der Waals surface area (Å²) in [5, 5.41) is 21.8. The lowest BCUT2D eigenvalue weighted by Crippen LogP contribution is -1.86. The van der Waals surface area contributed by atoms with Crippen LogP contribution in [-0.2, 0) is 0 Å². The van der Waals surface area contributed by atoms with Crippen molar-refractivity contribution in [3.63, 3.8) is 0 Å². The summed E-state index contributed by atoms with van der Waals surface area (Å²) < 4.78 is 0. The van der Waals surface area contributed by atoms with Crippen LogP contribution in [0.2, 0.25) is 0 Å². The summed E-state index contributed by atoms with van der Waals surface area (Å²) in [6.45, 7) is 0. The van der Waals surface area contributed by atoms with Gasteiger partial charge in [0.05, 0.1) is 10.4 Å². The number of hydrogen-bond donors (Lipinski definition) is 1. The molecule has 15 heavy (non-hydrogen) atoms. The van der Waals surface area contributed by atoms with Gasteiger partial charge in [0, 0.05) is 28.6 Å². The average Bonchev–Trinajstić information content (AvgIpc) is 2.61. The van der Waals surface area contributed by atoms with Crippen LogP contribution in [0.15, 0.2) is 29.3 Å². The first-order valence-corrected chi connectivity index (χ1v) is 4.85. The van der Waals surface area contributed by atoms with Gasteiger partial charge in [0.2, 0.25) is 0 Å². The van der Waals surface area contributed by atoms with Crippen LogP contribution in [0.3, 0.4) is 0 Å². The van der Waals surface area contributed by atoms with Gasteiger partial charge < -0.3 is 4.98 Å². The Bertz CT molecular complexity index is 570. The molecule has 0 amide bonds. The quantitative estimate of drug-likeness (QED) is 0.364. The van der Waals surface area contributed by atoms with Crippen LogP contribution >= 0.6 is 11.8 Å². The smallest absolute Gasteiger partial charge is 0.271 e. The number of rotatable bonds is 2. The Labute approximate surface area is 88.9 Å². The molecule has 1 aromatic heterocycles. The predicted molar refractivity (Wildman–Crippen MR) is 56.4 cm³/mol. The molecule has 74 valence electrons. The van der Waals surface area contributed by atoms with Gasteiger partial charge in [-0.2, -0.15) is 5.26 Å². The molecule has 1 heterocycles. The standard InChI is InChI=1S/C9H5N3O2S/c10-5-15-9-4-11-8-3-6(12(13)14)1-2-7(8)9/h1-4,11H. The van der Waals surface area contributed by atoms with Gasteiger partial charge >= 0.3 is 0 Å². The molecule has 0 saturated heterocycles. The van der Waals surface area contributed by atoms with Crippen molar-refractivity contribution >= 4 is 28.4 Å². The number of nitro benzene ring substituents is 1. The number of H-pyrrole nitrogens is 1. The van der Waals surface area contributed by atoms with Crippen LogP contribution in [0.4, 0.5) is 5.69 Å². The van der Waals surface area contributed by atoms with Gasteiger partial charge in [0.25, 0.3) is 5.69 Å². The number of thiocyanates is 1. The lowest BCUT2D eigenvalue weighted by molar-refractivity contribution is -0.384. The molecular formula is C9H5N3O2S. The second kappa shape index (κ2) is 3.63. The first-order valence-electron chi connectivity index (χ1n) is 4.04. The molecule has 2 aromatic rings. The van der Waals surface area contributed by atoms with Crippen molar-refractivity contribution in [1.29, 1.82) is 5.26 Å². The van der Waals surface area contributed by atoms with Gasteiger partial charge in [0.15, 0.2) is 0 Å². The van der Waals surface area contributed by atoms with Crippen molar-refractivity contribution in [3.05, 3.63) is 34.5 Å². The van der Waals surface area contributed by atoms with Crippen molar-refractivity contribution in [2.75, 3.05) is 0 Å². The molecule has 5 nitrogen and oxygen atoms in total. The van der Waals surface area contributed by atoms with Gasteiger partial charge in [-0.25, -0.2) is 0 Å². The van der Waals surface area contributed by atoms with E-state index in [0.29, 0.717) is 5.52 Å². The molecule has 0 atom stereocenters. The molecule has 0 bridgehead atoms. The third-order valence-corrected chi connectivity index (χ3v) is 2.64. The molecule has 0 aliphatic carbocycles. The first-order chi connectivity index (χ1) is 7.22. The molecule has 6 heteroatoms. The Morgan fingerprint density at radius 1 is 1.53 bits per heavy atom. The highest BCUT2D eigenvalue weighted by molar-refractivity contribution is 8.04. The Hall–Kier alpha value is -2.00. The fourth-order valence-corrected chi connectivity index (χ4v) is 1.84. The second-order valence-electron chi connectivity index (χ2n) is 2.83. The molecule has 0 spiro atoms. The van der Waals surface area contributed by atoms with Crippen molar-refractivity contribution in [3.8, 4) is 5.40 Å². The Morgan fingerprint density at radius 3 is 3.00 bits per heavy atom. The highest BCUT2D eigenvalue weighted by Gasteiger charge is 2.09. The Morgan fingerprint density at radius 2 is 2.33 bits per heavy atom. The number of benzene rings is 1. The lowest BCUT2D eigenvalue weighted by atomic mass is 10.2. The molecule has 2 rings (SSSR count). The van der Waals surface area contributed by atoms with E-state index in [1.165, 1.54) is 12.1 Å². The molecule has 0 aliphatic rings. The van der Waals surface area contributed by atoms with E-state index in [-0.39, 0.29) is 5.69 Å². The number of thioether (sulfide) groups is 1. The molecule has 0 saturated carbocycles. The van der Waals surface area contributed by atoms with Crippen LogP contribution in [-0.4, -0.2) is 9.91 Å². The number of fused-ring (bicyclic) bond motifs is 1. The van der Waals surface area contributed by atoms with E-state index in [9.17, 15) is 10.1 Å². The van der Waals surface area contributed by atoms with E-state index in [2.05, 4.69) is 4.98 Å². The topological polar surface area (TPSA) is 82.7 Å². The fourth-order valence-electron chi connectivity index (χ4n) is 1.33. The van der Waals surface area contributed by atoms with Gasteiger partial charge in [-0.15, -0.1) is 0 Å². The summed E-state index contributed by atoms with van der Waals surface area (Å²) in [6.07, 6.45) is 1.67. The highest BCUT2D eigenvalue weighted by atomic mass is 32.2. The van der Waals surface area contributed by atoms with E-state index in [1.54, 1.807) is 12.3 Å². The third kappa shape index (κ3) is 1.65. The maximum atomic E-state index is 10.5. The summed E-state index contributed by atoms with van der Waals surface area (Å²) in [5.41, 5.74) is 0.708. The van der Waals surface area contributed by atoms with Gasteiger partial charge in [-0.05, 0) is 17.8 Å². The number of nitrogens with one attached hydrogen (secondary N) is 1. The zero-order chi connectivity index (χ0) is 10.8. The summed E-state index contributed by atoms with van der Waals surface area (Å²) in [7, 11) is 0. The average molecular weight is 219 g/mol. The molecule has 0 unspecified atom stereocenters. The minimum absolute atomic E-state index is 0.0397. The van der Waals surface area contributed by atoms with E-state index in [0.717, 1.165) is 22.0 Å². The monoisotopic (exact) mass is 219 g/mol. The minimum Gasteiger partial charge on any atom is -0.360 e. The second-order valence-corrected chi connectivity index (χ2v) is 3.66. The summed E-state index contributed by atoms with van der Waals surface area (Å²) >= 11 is 1.03. The number of non-ortho nitro benzene ring substituents is 1. The van der Waals surface area contributed by atoms with Gasteiger partial charge in [-0.1, -0.05) is 0 Å². The molecule has 0 fully saturated rings. The number of nitrogens with zero attached hydrogens (tertiary/aromatic N) is 2. The number of aromatic nitrogens is 1. The highest BCUT2D eigenvalue weighted by Crippen LogP contribution is 2.29. The SMILES string of the molecule is N#CSc1c[nH]c2cc([N+](=O)[O-])ccc12. The third-order valence-electron chi connectivity index (χ3n) is 1.99. The molecule has 1 N–H and O–H groups in total. The van der Waals surface area contributed by atoms with Gasteiger partial charge in [0.1, 0.15) is 5.40 Å². The van der Waals surface area contributed by atoms with Crippen LogP contribution in [0.1, 0.15) is 0 Å². The zero-order valence-electron chi connectivity index (χ0n) is 7.43. The largest absolute Gasteiger partial charge is 0.360 e. The van der Waals surface area contributed by atoms with Crippen LogP contribution in [0.5, 0.6) is 0 Å². The summed E-state index contributed by atoms with van der Waals surface area (Å²) in [6, 6.07) is 4.53. The van der Waals surface area contributed by atoms with Crippen LogP contribution < -0.4 is 0 Å². The maximum Gasteiger partial charge on any atom is 0.271 e. The van der Waals surface area contributed by atoms with Crippen molar-refractivity contribution in [2.45, 2.75) is 4.90 Å². The summed E-state index contributed by atoms with van der Waals surface area (Å²) in [4.78, 5) is 13.7. The predicted octanol–water partition coefficient (Wildman–Crippen LogP) is 2.65. The number of nitriles is 1. The fraction of sp³-hybridized carbons (Fsp3) is 0. The molecule has 1 aromatic carbocycles. The van der Waals surface area contributed by atoms with E-state index in [1.807, 2.05) is 5.40 Å². The van der Waals surface area contributed by atoms with Crippen molar-refractivity contribution < 1.29 is 4.92 Å². The number of aromatic amines is 1. The van der Waals surface area contributed by atoms with E-state index in [4.69, 9.17) is 5.26 Å². The molecule has 0 aliphatic heterocycles. The first kappa shape index (κ1) is 9.55. The molecular weight excluding hydrogens is 214 g/mol. The Balaban J connectivity index is 2.57. The number of hydrogen-bond acceptors (Lipinski definition) is 4. The zero-order valence-corrected chi connectivity index (χ0v) is 8.25. The van der Waals surface area contributed by atoms with Crippen molar-refractivity contribution in [2.24, 2.45) is 0 Å². The minimum atomic E-state index is -0.447. The summed E-state index contributed by atoms with van der Waals surface area (Å²) in [5.74, 6) is 0. The lowest BCUT2D eigenvalue weighted by Gasteiger charge is -1.92. The molecule has 0 radical (unpaired) electrons. The normalized spacial score (nSPS) is 10.1. The number of nitro groups is 1. The maximum absolute atomic E-state index is 10.5. The van der Waals surface area contributed by atoms with Gasteiger partial charge in [-0.3, -0.25) is 10.1 Å². The van der Waals surface area contributed by atoms with Crippen LogP contribution in [0.25, 0.3) is 10.9 Å². The van der Waals surface area contributed by atoms with Crippen LogP contribution in [0, 0.1) is 20.8 Å². The van der Waals surface area contributed by atoms with Crippen molar-refractivity contribution in [1.82, 2.24) is 4.98 Å².